The van der Waals surface area contributed by atoms with Gasteiger partial charge in [0.1, 0.15) is 12.4 Å². The van der Waals surface area contributed by atoms with Gasteiger partial charge in [-0.15, -0.1) is 0 Å². The lowest BCUT2D eigenvalue weighted by Crippen LogP contribution is -2.10. The standard InChI is InChI=1S/C15H11N3O4/c19-14(20)9-17-13-4-2-1-3-12(13)16-15(17)10-5-7-11(8-6-10)18(21)22/h1-8H,9H2,(H,19,20). The van der Waals surface area contributed by atoms with Crippen molar-refractivity contribution in [1.82, 2.24) is 9.55 Å². The second-order valence-electron chi connectivity index (χ2n) is 4.71. The Hall–Kier alpha value is -3.22. The van der Waals surface area contributed by atoms with Gasteiger partial charge in [0.2, 0.25) is 0 Å². The van der Waals surface area contributed by atoms with Crippen molar-refractivity contribution < 1.29 is 14.8 Å². The zero-order chi connectivity index (χ0) is 15.7. The van der Waals surface area contributed by atoms with E-state index in [2.05, 4.69) is 4.98 Å². The van der Waals surface area contributed by atoms with Crippen LogP contribution in [-0.2, 0) is 11.3 Å². The van der Waals surface area contributed by atoms with E-state index in [0.717, 1.165) is 0 Å². The fraction of sp³-hybridized carbons (Fsp3) is 0.0667. The molecule has 0 bridgehead atoms. The smallest absolute Gasteiger partial charge is 0.323 e. The van der Waals surface area contributed by atoms with Gasteiger partial charge in [-0.25, -0.2) is 4.98 Å². The fourth-order valence-electron chi connectivity index (χ4n) is 2.32. The monoisotopic (exact) mass is 297 g/mol. The molecule has 0 aliphatic heterocycles. The summed E-state index contributed by atoms with van der Waals surface area (Å²) in [6, 6.07) is 13.1. The maximum absolute atomic E-state index is 11.1. The molecule has 0 radical (unpaired) electrons. The molecule has 0 unspecified atom stereocenters. The molecule has 0 fully saturated rings. The van der Waals surface area contributed by atoms with Gasteiger partial charge in [-0.1, -0.05) is 12.1 Å². The van der Waals surface area contributed by atoms with E-state index in [9.17, 15) is 14.9 Å². The van der Waals surface area contributed by atoms with Crippen LogP contribution >= 0.6 is 0 Å². The predicted molar refractivity (Wildman–Crippen MR) is 79.5 cm³/mol. The van der Waals surface area contributed by atoms with Crippen LogP contribution in [0.25, 0.3) is 22.4 Å². The van der Waals surface area contributed by atoms with E-state index >= 15 is 0 Å². The van der Waals surface area contributed by atoms with Crippen molar-refractivity contribution in [3.8, 4) is 11.4 Å². The summed E-state index contributed by atoms with van der Waals surface area (Å²) in [7, 11) is 0. The third-order valence-electron chi connectivity index (χ3n) is 3.28. The van der Waals surface area contributed by atoms with Crippen LogP contribution in [-0.4, -0.2) is 25.6 Å². The van der Waals surface area contributed by atoms with Gasteiger partial charge in [0.25, 0.3) is 5.69 Å². The number of benzene rings is 2. The van der Waals surface area contributed by atoms with Gasteiger partial charge >= 0.3 is 5.97 Å². The first kappa shape index (κ1) is 13.7. The Kier molecular flexibility index (Phi) is 3.30. The largest absolute Gasteiger partial charge is 0.480 e. The van der Waals surface area contributed by atoms with Crippen LogP contribution in [0.15, 0.2) is 48.5 Å². The van der Waals surface area contributed by atoms with Crippen molar-refractivity contribution in [2.24, 2.45) is 0 Å². The average Bonchev–Trinajstić information content (AvgIpc) is 2.86. The number of nitro groups is 1. The first-order chi connectivity index (χ1) is 10.6. The van der Waals surface area contributed by atoms with Crippen molar-refractivity contribution in [1.29, 1.82) is 0 Å². The van der Waals surface area contributed by atoms with Crippen LogP contribution in [0, 0.1) is 10.1 Å². The minimum absolute atomic E-state index is 0.0235. The molecule has 2 aromatic carbocycles. The van der Waals surface area contributed by atoms with E-state index in [1.54, 1.807) is 28.8 Å². The van der Waals surface area contributed by atoms with Gasteiger partial charge in [0, 0.05) is 17.7 Å². The van der Waals surface area contributed by atoms with Crippen LogP contribution in [0.3, 0.4) is 0 Å². The molecule has 0 amide bonds. The number of carboxylic acid groups (broad SMARTS) is 1. The Balaban J connectivity index is 2.16. The number of carbonyl (C=O) groups is 1. The molecule has 3 rings (SSSR count). The van der Waals surface area contributed by atoms with Gasteiger partial charge in [0.05, 0.1) is 16.0 Å². The van der Waals surface area contributed by atoms with Crippen LogP contribution < -0.4 is 0 Å². The third kappa shape index (κ3) is 2.39. The summed E-state index contributed by atoms with van der Waals surface area (Å²) in [4.78, 5) is 25.8. The lowest BCUT2D eigenvalue weighted by molar-refractivity contribution is -0.384. The third-order valence-corrected chi connectivity index (χ3v) is 3.28. The number of hydrogen-bond acceptors (Lipinski definition) is 4. The number of para-hydroxylation sites is 2. The SMILES string of the molecule is O=C(O)Cn1c(-c2ccc([N+](=O)[O-])cc2)nc2ccccc21. The number of aliphatic carboxylic acids is 1. The maximum atomic E-state index is 11.1. The van der Waals surface area contributed by atoms with Gasteiger partial charge in [-0.3, -0.25) is 14.9 Å². The van der Waals surface area contributed by atoms with Crippen LogP contribution in [0.1, 0.15) is 0 Å². The Morgan fingerprint density at radius 2 is 1.86 bits per heavy atom. The van der Waals surface area contributed by atoms with E-state index in [-0.39, 0.29) is 12.2 Å². The van der Waals surface area contributed by atoms with Crippen LogP contribution in [0.4, 0.5) is 5.69 Å². The number of hydrogen-bond donors (Lipinski definition) is 1. The minimum atomic E-state index is -0.980. The summed E-state index contributed by atoms with van der Waals surface area (Å²) in [6.07, 6.45) is 0. The summed E-state index contributed by atoms with van der Waals surface area (Å²) >= 11 is 0. The topological polar surface area (TPSA) is 98.3 Å². The van der Waals surface area contributed by atoms with Gasteiger partial charge in [-0.2, -0.15) is 0 Å². The molecule has 7 heteroatoms. The number of fused-ring (bicyclic) bond motifs is 1. The zero-order valence-electron chi connectivity index (χ0n) is 11.3. The van der Waals surface area contributed by atoms with Crippen molar-refractivity contribution >= 4 is 22.7 Å². The highest BCUT2D eigenvalue weighted by Gasteiger charge is 2.15. The molecule has 1 aromatic heterocycles. The van der Waals surface area contributed by atoms with Crippen molar-refractivity contribution in [2.75, 3.05) is 0 Å². The van der Waals surface area contributed by atoms with Gasteiger partial charge in [-0.05, 0) is 24.3 Å². The molecule has 0 saturated carbocycles. The van der Waals surface area contributed by atoms with E-state index in [1.165, 1.54) is 12.1 Å². The van der Waals surface area contributed by atoms with Gasteiger partial charge in [0.15, 0.2) is 0 Å². The van der Waals surface area contributed by atoms with Crippen molar-refractivity contribution in [2.45, 2.75) is 6.54 Å². The quantitative estimate of drug-likeness (QED) is 0.589. The molecule has 1 heterocycles. The molecule has 0 atom stereocenters. The number of nitro benzene ring substituents is 1. The first-order valence-corrected chi connectivity index (χ1v) is 6.48. The molecule has 0 saturated heterocycles. The Bertz CT molecular complexity index is 868. The Morgan fingerprint density at radius 1 is 1.18 bits per heavy atom. The predicted octanol–water partition coefficient (Wildman–Crippen LogP) is 2.70. The zero-order valence-corrected chi connectivity index (χ0v) is 11.3. The Labute approximate surface area is 124 Å². The minimum Gasteiger partial charge on any atom is -0.480 e. The lowest BCUT2D eigenvalue weighted by Gasteiger charge is -2.06. The highest BCUT2D eigenvalue weighted by molar-refractivity contribution is 5.82. The van der Waals surface area contributed by atoms with Crippen molar-refractivity contribution in [3.05, 3.63) is 58.6 Å². The highest BCUT2D eigenvalue weighted by atomic mass is 16.6. The van der Waals surface area contributed by atoms with E-state index in [0.29, 0.717) is 22.4 Å². The van der Waals surface area contributed by atoms with E-state index < -0.39 is 10.9 Å². The van der Waals surface area contributed by atoms with Crippen LogP contribution in [0.2, 0.25) is 0 Å². The summed E-state index contributed by atoms with van der Waals surface area (Å²) < 4.78 is 1.58. The first-order valence-electron chi connectivity index (χ1n) is 6.48. The molecule has 1 N–H and O–H groups in total. The number of non-ortho nitro benzene ring substituents is 1. The van der Waals surface area contributed by atoms with Gasteiger partial charge < -0.3 is 9.67 Å². The van der Waals surface area contributed by atoms with Crippen molar-refractivity contribution in [3.63, 3.8) is 0 Å². The van der Waals surface area contributed by atoms with E-state index in [1.807, 2.05) is 12.1 Å². The Morgan fingerprint density at radius 3 is 2.50 bits per heavy atom. The molecular formula is C15H11N3O4. The highest BCUT2D eigenvalue weighted by Crippen LogP contribution is 2.26. The molecule has 110 valence electrons. The molecule has 22 heavy (non-hydrogen) atoms. The number of carboxylic acids is 1. The average molecular weight is 297 g/mol. The fourth-order valence-corrected chi connectivity index (χ4v) is 2.32. The molecule has 0 aliphatic carbocycles. The summed E-state index contributed by atoms with van der Waals surface area (Å²) in [5.41, 5.74) is 1.99. The summed E-state index contributed by atoms with van der Waals surface area (Å²) in [5.74, 6) is -0.509. The molecule has 7 nitrogen and oxygen atoms in total. The number of rotatable bonds is 4. The maximum Gasteiger partial charge on any atom is 0.323 e. The van der Waals surface area contributed by atoms with E-state index in [4.69, 9.17) is 5.11 Å². The summed E-state index contributed by atoms with van der Waals surface area (Å²) in [6.45, 7) is -0.229. The number of aromatic nitrogens is 2. The molecule has 0 aliphatic rings. The normalized spacial score (nSPS) is 10.7. The lowest BCUT2D eigenvalue weighted by atomic mass is 10.2. The number of nitrogens with zero attached hydrogens (tertiary/aromatic N) is 3. The molecule has 3 aromatic rings. The summed E-state index contributed by atoms with van der Waals surface area (Å²) in [5, 5.41) is 19.8. The second-order valence-corrected chi connectivity index (χ2v) is 4.71. The van der Waals surface area contributed by atoms with Crippen LogP contribution in [0.5, 0.6) is 0 Å². The molecular weight excluding hydrogens is 286 g/mol. The number of imidazole rings is 1. The second kappa shape index (κ2) is 5.28. The molecule has 0 spiro atoms.